The number of sulfonamides is 1. The van der Waals surface area contributed by atoms with Crippen LogP contribution in [0.2, 0.25) is 0 Å². The second-order valence-corrected chi connectivity index (χ2v) is 10.1. The maximum atomic E-state index is 13.4. The highest BCUT2D eigenvalue weighted by molar-refractivity contribution is 7.91. The first-order valence-corrected chi connectivity index (χ1v) is 11.8. The lowest BCUT2D eigenvalue weighted by Crippen LogP contribution is -2.62. The summed E-state index contributed by atoms with van der Waals surface area (Å²) < 4.78 is 31.7. The number of carbonyl (C=O) groups excluding carboxylic acids is 1. The molecular weight excluding hydrogens is 418 g/mol. The summed E-state index contributed by atoms with van der Waals surface area (Å²) in [5.41, 5.74) is 4.87. The summed E-state index contributed by atoms with van der Waals surface area (Å²) in [6.45, 7) is 1.95. The zero-order valence-electron chi connectivity index (χ0n) is 17.2. The lowest BCUT2D eigenvalue weighted by atomic mass is 9.98. The molecule has 8 nitrogen and oxygen atoms in total. The fourth-order valence-electron chi connectivity index (χ4n) is 4.33. The van der Waals surface area contributed by atoms with Crippen molar-refractivity contribution >= 4 is 21.6 Å². The Labute approximate surface area is 182 Å². The molecule has 2 heterocycles. The maximum Gasteiger partial charge on any atom is 0.266 e. The van der Waals surface area contributed by atoms with E-state index in [1.54, 1.807) is 5.48 Å². The van der Waals surface area contributed by atoms with E-state index in [0.29, 0.717) is 13.1 Å². The summed E-state index contributed by atoms with van der Waals surface area (Å²) in [5.74, 6) is -0.880. The summed E-state index contributed by atoms with van der Waals surface area (Å²) in [5, 5.41) is 9.18. The van der Waals surface area contributed by atoms with Gasteiger partial charge in [-0.15, -0.1) is 0 Å². The fraction of sp³-hybridized carbons (Fsp3) is 0.409. The van der Waals surface area contributed by atoms with Gasteiger partial charge in [-0.25, -0.2) is 13.9 Å². The fourth-order valence-corrected chi connectivity index (χ4v) is 6.44. The van der Waals surface area contributed by atoms with Gasteiger partial charge in [-0.2, -0.15) is 4.31 Å². The largest absolute Gasteiger partial charge is 0.381 e. The summed E-state index contributed by atoms with van der Waals surface area (Å²) >= 11 is 0. The van der Waals surface area contributed by atoms with E-state index in [4.69, 9.17) is 4.74 Å². The Bertz CT molecular complexity index is 997. The van der Waals surface area contributed by atoms with Gasteiger partial charge in [0.2, 0.25) is 10.0 Å². The molecule has 2 aromatic rings. The van der Waals surface area contributed by atoms with E-state index in [1.807, 2.05) is 30.3 Å². The Hall–Kier alpha value is -2.46. The summed E-state index contributed by atoms with van der Waals surface area (Å²) in [6, 6.07) is 18.3. The van der Waals surface area contributed by atoms with E-state index in [-0.39, 0.29) is 39.1 Å². The lowest BCUT2D eigenvalue weighted by Gasteiger charge is -2.42. The molecule has 2 aromatic carbocycles. The van der Waals surface area contributed by atoms with Gasteiger partial charge >= 0.3 is 0 Å². The molecule has 2 aliphatic heterocycles. The molecule has 2 fully saturated rings. The Morgan fingerprint density at radius 2 is 1.48 bits per heavy atom. The van der Waals surface area contributed by atoms with Crippen LogP contribution in [0.25, 0.3) is 11.1 Å². The van der Waals surface area contributed by atoms with Crippen molar-refractivity contribution in [2.45, 2.75) is 17.6 Å². The molecule has 0 spiro atoms. The van der Waals surface area contributed by atoms with Crippen molar-refractivity contribution < 1.29 is 23.2 Å². The van der Waals surface area contributed by atoms with Crippen molar-refractivity contribution in [1.29, 1.82) is 0 Å². The average molecular weight is 446 g/mol. The van der Waals surface area contributed by atoms with Gasteiger partial charge in [-0.3, -0.25) is 10.0 Å². The maximum absolute atomic E-state index is 13.4. The first-order valence-electron chi connectivity index (χ1n) is 10.4. The second-order valence-electron chi connectivity index (χ2n) is 7.85. The summed E-state index contributed by atoms with van der Waals surface area (Å²) in [4.78, 5) is 14.5. The minimum absolute atomic E-state index is 0.0306. The van der Waals surface area contributed by atoms with E-state index < -0.39 is 20.7 Å². The molecule has 0 saturated carbocycles. The first-order chi connectivity index (χ1) is 15.0. The number of piperazine rings is 1. The van der Waals surface area contributed by atoms with Crippen LogP contribution in [-0.2, 0) is 19.6 Å². The molecule has 31 heavy (non-hydrogen) atoms. The Morgan fingerprint density at radius 1 is 0.903 bits per heavy atom. The van der Waals surface area contributed by atoms with Gasteiger partial charge < -0.3 is 9.64 Å². The Kier molecular flexibility index (Phi) is 6.29. The number of rotatable bonds is 5. The third kappa shape index (κ3) is 4.06. The average Bonchev–Trinajstić information content (AvgIpc) is 2.84. The van der Waals surface area contributed by atoms with E-state index >= 15 is 0 Å². The van der Waals surface area contributed by atoms with Crippen molar-refractivity contribution in [2.75, 3.05) is 44.3 Å². The third-order valence-corrected chi connectivity index (χ3v) is 8.85. The zero-order chi connectivity index (χ0) is 21.9. The first kappa shape index (κ1) is 21.8. The van der Waals surface area contributed by atoms with Gasteiger partial charge in [0, 0.05) is 57.9 Å². The quantitative estimate of drug-likeness (QED) is 0.538. The molecule has 0 atom stereocenters. The summed E-state index contributed by atoms with van der Waals surface area (Å²) in [6.07, 6.45) is 0.0613. The van der Waals surface area contributed by atoms with Crippen LogP contribution in [0.5, 0.6) is 0 Å². The highest BCUT2D eigenvalue weighted by Gasteiger charge is 2.54. The SMILES string of the molecule is O=C(NO)C1(S(=O)(=O)N2CCN(c3ccc(-c4ccccc4)cc3)CC2)CCOCC1. The predicted octanol–water partition coefficient (Wildman–Crippen LogP) is 1.86. The topological polar surface area (TPSA) is 99.2 Å². The Morgan fingerprint density at radius 3 is 2.06 bits per heavy atom. The van der Waals surface area contributed by atoms with Crippen molar-refractivity contribution in [3.8, 4) is 11.1 Å². The van der Waals surface area contributed by atoms with Gasteiger partial charge in [0.1, 0.15) is 0 Å². The molecule has 1 amide bonds. The smallest absolute Gasteiger partial charge is 0.266 e. The number of amides is 1. The van der Waals surface area contributed by atoms with Crippen LogP contribution in [-0.4, -0.2) is 68.0 Å². The number of nitrogens with zero attached hydrogens (tertiary/aromatic N) is 2. The van der Waals surface area contributed by atoms with E-state index in [1.165, 1.54) is 4.31 Å². The number of hydroxylamine groups is 1. The molecule has 0 radical (unpaired) electrons. The number of anilines is 1. The number of hydrogen-bond acceptors (Lipinski definition) is 6. The standard InChI is InChI=1S/C22H27N3O5S/c26-21(23-27)22(10-16-30-17-11-22)31(28,29)25-14-12-24(13-15-25)20-8-6-19(7-9-20)18-4-2-1-3-5-18/h1-9,27H,10-17H2,(H,23,26). The van der Waals surface area contributed by atoms with Crippen LogP contribution in [0.3, 0.4) is 0 Å². The monoisotopic (exact) mass is 445 g/mol. The van der Waals surface area contributed by atoms with Crippen molar-refractivity contribution in [1.82, 2.24) is 9.79 Å². The highest BCUT2D eigenvalue weighted by atomic mass is 32.2. The molecule has 0 bridgehead atoms. The number of hydrogen-bond donors (Lipinski definition) is 2. The van der Waals surface area contributed by atoms with Gasteiger partial charge in [0.15, 0.2) is 4.75 Å². The molecule has 4 rings (SSSR count). The Balaban J connectivity index is 1.46. The lowest BCUT2D eigenvalue weighted by molar-refractivity contribution is -0.134. The van der Waals surface area contributed by atoms with E-state index in [0.717, 1.165) is 16.8 Å². The van der Waals surface area contributed by atoms with Crippen LogP contribution in [0, 0.1) is 0 Å². The molecule has 2 aliphatic rings. The third-order valence-electron chi connectivity index (χ3n) is 6.23. The minimum atomic E-state index is -3.95. The van der Waals surface area contributed by atoms with Gasteiger partial charge in [-0.1, -0.05) is 42.5 Å². The van der Waals surface area contributed by atoms with Crippen LogP contribution >= 0.6 is 0 Å². The van der Waals surface area contributed by atoms with Crippen molar-refractivity contribution in [3.63, 3.8) is 0 Å². The highest BCUT2D eigenvalue weighted by Crippen LogP contribution is 2.34. The van der Waals surface area contributed by atoms with Gasteiger partial charge in [0.05, 0.1) is 0 Å². The number of ether oxygens (including phenoxy) is 1. The van der Waals surface area contributed by atoms with Crippen LogP contribution < -0.4 is 10.4 Å². The molecule has 0 aliphatic carbocycles. The van der Waals surface area contributed by atoms with Crippen molar-refractivity contribution in [3.05, 3.63) is 54.6 Å². The normalized spacial score (nSPS) is 19.7. The minimum Gasteiger partial charge on any atom is -0.381 e. The zero-order valence-corrected chi connectivity index (χ0v) is 18.1. The number of nitrogens with one attached hydrogen (secondary N) is 1. The van der Waals surface area contributed by atoms with Crippen molar-refractivity contribution in [2.24, 2.45) is 0 Å². The van der Waals surface area contributed by atoms with Crippen LogP contribution in [0.15, 0.2) is 54.6 Å². The molecule has 9 heteroatoms. The van der Waals surface area contributed by atoms with Crippen LogP contribution in [0.1, 0.15) is 12.8 Å². The molecule has 2 saturated heterocycles. The molecule has 166 valence electrons. The molecular formula is C22H27N3O5S. The van der Waals surface area contributed by atoms with Gasteiger partial charge in [-0.05, 0) is 23.3 Å². The van der Waals surface area contributed by atoms with Gasteiger partial charge in [0.25, 0.3) is 5.91 Å². The van der Waals surface area contributed by atoms with E-state index in [9.17, 15) is 18.4 Å². The number of benzene rings is 2. The predicted molar refractivity (Wildman–Crippen MR) is 117 cm³/mol. The molecule has 2 N–H and O–H groups in total. The second kappa shape index (κ2) is 8.96. The van der Waals surface area contributed by atoms with E-state index in [2.05, 4.69) is 29.2 Å². The molecule has 0 unspecified atom stereocenters. The van der Waals surface area contributed by atoms with Crippen LogP contribution in [0.4, 0.5) is 5.69 Å². The number of carbonyl (C=O) groups is 1. The summed E-state index contributed by atoms with van der Waals surface area (Å²) in [7, 11) is -3.95. The molecule has 0 aromatic heterocycles.